The van der Waals surface area contributed by atoms with Gasteiger partial charge in [0.15, 0.2) is 0 Å². The molecule has 6 heterocycles. The van der Waals surface area contributed by atoms with Crippen LogP contribution in [0.15, 0.2) is 0 Å². The Hall–Kier alpha value is -0.980. The lowest BCUT2D eigenvalue weighted by atomic mass is 9.91. The molecule has 0 bridgehead atoms. The van der Waals surface area contributed by atoms with Crippen LogP contribution in [0.1, 0.15) is 145 Å². The van der Waals surface area contributed by atoms with Gasteiger partial charge in [-0.3, -0.25) is 28.6 Å². The van der Waals surface area contributed by atoms with Crippen LogP contribution in [-0.2, 0) is 15.9 Å². The highest BCUT2D eigenvalue weighted by molar-refractivity contribution is 7.79. The third kappa shape index (κ3) is 36.1. The number of likely N-dealkylation sites (N-methyl/N-ethyl adjacent to an activating group) is 1. The second-order valence-corrected chi connectivity index (χ2v) is 30.9. The molecule has 0 radical (unpaired) electrons. The predicted octanol–water partition coefficient (Wildman–Crippen LogP) is 9.46. The normalized spacial score (nSPS) is 22.9. The van der Waals surface area contributed by atoms with Gasteiger partial charge in [0.25, 0.3) is 5.92 Å². The molecule has 6 rings (SSSR count). The SMILES string of the molecule is CC(=O)N1CCN(CC(C)(C)C)CC1.CC(C)(C)CN1CC(C)(F)C1.CC(C)(C)CN1CC(CS(=O)[O-])C1.CC(C)(C)CN1CC(F)C1.CC(C)(C)CN1CCC(F)(F)C1.CN1CCN(CC(C)(C)C)CC1. The van der Waals surface area contributed by atoms with Gasteiger partial charge in [-0.1, -0.05) is 136 Å². The van der Waals surface area contributed by atoms with Crippen LogP contribution < -0.4 is 0 Å². The highest BCUT2D eigenvalue weighted by atomic mass is 32.2. The molecule has 0 aromatic rings. The molecule has 6 fully saturated rings. The summed E-state index contributed by atoms with van der Waals surface area (Å²) in [6.07, 6.45) is -0.523. The smallest absolute Gasteiger partial charge is 0.261 e. The van der Waals surface area contributed by atoms with Gasteiger partial charge < -0.3 is 24.2 Å². The number of carbonyl (C=O) groups excluding carboxylic acids is 1. The zero-order valence-electron chi connectivity index (χ0n) is 50.3. The van der Waals surface area contributed by atoms with E-state index in [-0.39, 0.29) is 24.3 Å². The molecule has 0 aromatic carbocycles. The maximum Gasteiger partial charge on any atom is 0.261 e. The van der Waals surface area contributed by atoms with E-state index in [0.717, 1.165) is 72.0 Å². The molecule has 0 aliphatic carbocycles. The largest absolute Gasteiger partial charge is 0.772 e. The van der Waals surface area contributed by atoms with E-state index in [2.05, 4.69) is 161 Å². The van der Waals surface area contributed by atoms with Gasteiger partial charge in [0, 0.05) is 157 Å². The molecule has 1 unspecified atom stereocenters. The Morgan fingerprint density at radius 3 is 1.15 bits per heavy atom. The maximum absolute atomic E-state index is 13.0. The summed E-state index contributed by atoms with van der Waals surface area (Å²) < 4.78 is 71.5. The van der Waals surface area contributed by atoms with Crippen LogP contribution in [0.5, 0.6) is 0 Å². The Kier molecular flexibility index (Phi) is 27.9. The Morgan fingerprint density at radius 1 is 0.514 bits per heavy atom. The molecule has 430 valence electrons. The Balaban J connectivity index is 0.000000433. The first-order valence-electron chi connectivity index (χ1n) is 27.3. The summed E-state index contributed by atoms with van der Waals surface area (Å²) in [4.78, 5) is 28.9. The van der Waals surface area contributed by atoms with Crippen molar-refractivity contribution in [1.29, 1.82) is 0 Å². The van der Waals surface area contributed by atoms with Crippen molar-refractivity contribution >= 4 is 17.0 Å². The van der Waals surface area contributed by atoms with Crippen LogP contribution >= 0.6 is 0 Å². The molecule has 6 saturated heterocycles. The Bertz CT molecular complexity index is 1530. The molecular weight excluding hydrogens is 941 g/mol. The number of rotatable bonds is 8. The summed E-state index contributed by atoms with van der Waals surface area (Å²) in [6, 6.07) is 0. The van der Waals surface area contributed by atoms with Crippen LogP contribution in [0, 0.1) is 38.4 Å². The molecular formula is C56H113F4N8O3S-. The van der Waals surface area contributed by atoms with E-state index >= 15 is 0 Å². The highest BCUT2D eigenvalue weighted by Gasteiger charge is 2.40. The van der Waals surface area contributed by atoms with Crippen molar-refractivity contribution in [3.63, 3.8) is 0 Å². The zero-order chi connectivity index (χ0) is 55.9. The summed E-state index contributed by atoms with van der Waals surface area (Å²) in [5.74, 6) is -1.52. The van der Waals surface area contributed by atoms with Crippen molar-refractivity contribution in [2.75, 3.05) is 157 Å². The molecule has 1 amide bonds. The minimum Gasteiger partial charge on any atom is -0.772 e. The minimum absolute atomic E-state index is 0.0308. The lowest BCUT2D eigenvalue weighted by Crippen LogP contribution is -2.58. The Morgan fingerprint density at radius 2 is 0.847 bits per heavy atom. The topological polar surface area (TPSA) is 83.1 Å². The summed E-state index contributed by atoms with van der Waals surface area (Å²) in [5, 5.41) is 0. The molecule has 6 aliphatic rings. The van der Waals surface area contributed by atoms with Crippen molar-refractivity contribution < 1.29 is 31.1 Å². The van der Waals surface area contributed by atoms with Gasteiger partial charge in [0.05, 0.1) is 6.54 Å². The third-order valence-corrected chi connectivity index (χ3v) is 13.0. The molecule has 72 heavy (non-hydrogen) atoms. The summed E-state index contributed by atoms with van der Waals surface area (Å²) in [7, 11) is 2.20. The predicted molar refractivity (Wildman–Crippen MR) is 296 cm³/mol. The molecule has 11 nitrogen and oxygen atoms in total. The molecule has 0 saturated carbocycles. The fourth-order valence-corrected chi connectivity index (χ4v) is 10.5. The molecule has 16 heteroatoms. The third-order valence-electron chi connectivity index (χ3n) is 12.3. The number of hydrogen-bond donors (Lipinski definition) is 0. The first-order valence-corrected chi connectivity index (χ1v) is 28.6. The molecule has 0 N–H and O–H groups in total. The van der Waals surface area contributed by atoms with Crippen LogP contribution in [0.25, 0.3) is 0 Å². The summed E-state index contributed by atoms with van der Waals surface area (Å²) >= 11 is -1.86. The first-order chi connectivity index (χ1) is 32.3. The van der Waals surface area contributed by atoms with E-state index in [1.54, 1.807) is 13.8 Å². The standard InChI is InChI=1S/C11H22N2O.C10H22N2.C9H17F2N.C9H18FN.C9H19NO2S.C8H16FN/c1-10(14)13-7-5-12(6-8-13)9-11(2,3)4;1-10(2,3)9-12-7-5-11(4)6-8-12;1-8(2,3)6-12-5-4-9(10,11)7-12;1-8(2,3)5-11-6-9(4,10)7-11;1-9(2,3)7-10-4-8(5-10)6-13(11)12;1-8(2,3)6-10-4-7(9)5-10/h5-9H2,1-4H3;5-9H2,1-4H3;4-7H2,1-3H3;5-7H2,1-4H3;8H,4-7H2,1-3H3,(H,11,12);7H,4-6H2,1-3H3/p-1. The van der Waals surface area contributed by atoms with Crippen LogP contribution in [-0.4, -0.2) is 228 Å². The summed E-state index contributed by atoms with van der Waals surface area (Å²) in [5.41, 5.74) is 0.970. The number of alkyl halides is 4. The van der Waals surface area contributed by atoms with Crippen LogP contribution in [0.4, 0.5) is 17.6 Å². The van der Waals surface area contributed by atoms with E-state index in [0.29, 0.717) is 71.5 Å². The zero-order valence-corrected chi connectivity index (χ0v) is 51.2. The lowest BCUT2D eigenvalue weighted by Gasteiger charge is -2.45. The number of nitrogens with zero attached hydrogens (tertiary/aromatic N) is 8. The lowest BCUT2D eigenvalue weighted by molar-refractivity contribution is -0.130. The fourth-order valence-electron chi connectivity index (χ4n) is 9.93. The van der Waals surface area contributed by atoms with E-state index in [4.69, 9.17) is 0 Å². The van der Waals surface area contributed by atoms with Gasteiger partial charge in [-0.05, 0) is 52.4 Å². The van der Waals surface area contributed by atoms with Crippen molar-refractivity contribution in [3.8, 4) is 0 Å². The quantitative estimate of drug-likeness (QED) is 0.173. The van der Waals surface area contributed by atoms with Gasteiger partial charge in [-0.25, -0.2) is 17.6 Å². The molecule has 1 atom stereocenters. The maximum atomic E-state index is 13.0. The van der Waals surface area contributed by atoms with Gasteiger partial charge in [-0.15, -0.1) is 0 Å². The molecule has 0 aromatic heterocycles. The number of carbonyl (C=O) groups is 1. The monoisotopic (exact) mass is 1050 g/mol. The van der Waals surface area contributed by atoms with Crippen molar-refractivity contribution in [2.24, 2.45) is 38.4 Å². The second-order valence-electron chi connectivity index (χ2n) is 29.9. The van der Waals surface area contributed by atoms with Crippen LogP contribution in [0.2, 0.25) is 0 Å². The number of piperazine rings is 2. The summed E-state index contributed by atoms with van der Waals surface area (Å²) in [6.45, 7) is 62.9. The average molecular weight is 1050 g/mol. The molecule has 6 aliphatic heterocycles. The number of likely N-dealkylation sites (tertiary alicyclic amines) is 4. The van der Waals surface area contributed by atoms with Gasteiger partial charge in [0.2, 0.25) is 5.91 Å². The van der Waals surface area contributed by atoms with Gasteiger partial charge in [-0.2, -0.15) is 0 Å². The van der Waals surface area contributed by atoms with Gasteiger partial charge >= 0.3 is 0 Å². The van der Waals surface area contributed by atoms with Crippen LogP contribution in [0.3, 0.4) is 0 Å². The Labute approximate surface area is 443 Å². The van der Waals surface area contributed by atoms with E-state index < -0.39 is 28.8 Å². The number of amides is 1. The van der Waals surface area contributed by atoms with E-state index in [1.165, 1.54) is 32.7 Å². The minimum atomic E-state index is -2.44. The fraction of sp³-hybridized carbons (Fsp3) is 0.982. The average Bonchev–Trinajstić information content (AvgIpc) is 3.45. The molecule has 0 spiro atoms. The van der Waals surface area contributed by atoms with E-state index in [9.17, 15) is 31.1 Å². The first kappa shape index (κ1) is 69.0. The van der Waals surface area contributed by atoms with E-state index in [1.807, 2.05) is 9.80 Å². The van der Waals surface area contributed by atoms with Crippen molar-refractivity contribution in [1.82, 2.24) is 39.2 Å². The number of halogens is 4. The number of hydrogen-bond acceptors (Lipinski definition) is 10. The van der Waals surface area contributed by atoms with Crippen molar-refractivity contribution in [3.05, 3.63) is 0 Å². The van der Waals surface area contributed by atoms with Gasteiger partial charge in [0.1, 0.15) is 11.8 Å². The van der Waals surface area contributed by atoms with Crippen molar-refractivity contribution in [2.45, 2.75) is 163 Å². The second kappa shape index (κ2) is 29.1. The highest BCUT2D eigenvalue weighted by Crippen LogP contribution is 2.30.